The molecule has 0 bridgehead atoms. The Morgan fingerprint density at radius 3 is 1.53 bits per heavy atom. The van der Waals surface area contributed by atoms with Gasteiger partial charge in [0.2, 0.25) is 5.78 Å². The van der Waals surface area contributed by atoms with Crippen LogP contribution in [0.3, 0.4) is 0 Å². The molecule has 7 heteroatoms. The first-order valence-electron chi connectivity index (χ1n) is 19.5. The number of unbranched alkanes of at least 4 members (excludes halogenated alkanes) is 20. The second-order valence-electron chi connectivity index (χ2n) is 13.7. The highest BCUT2D eigenvalue weighted by Gasteiger charge is 2.34. The van der Waals surface area contributed by atoms with Crippen molar-refractivity contribution < 1.29 is 33.7 Å². The van der Waals surface area contributed by atoms with E-state index in [0.717, 1.165) is 51.4 Å². The lowest BCUT2D eigenvalue weighted by Gasteiger charge is -2.24. The predicted molar refractivity (Wildman–Crippen MR) is 199 cm³/mol. The van der Waals surface area contributed by atoms with Gasteiger partial charge in [-0.25, -0.2) is 0 Å². The van der Waals surface area contributed by atoms with Crippen LogP contribution in [0.5, 0.6) is 17.2 Å². The summed E-state index contributed by atoms with van der Waals surface area (Å²) >= 11 is 0. The number of methoxy groups -OCH3 is 2. The van der Waals surface area contributed by atoms with Crippen molar-refractivity contribution in [2.24, 2.45) is 0 Å². The van der Waals surface area contributed by atoms with Crippen LogP contribution in [0.15, 0.2) is 23.5 Å². The quantitative estimate of drug-likeness (QED) is 0.0406. The average molecular weight is 683 g/mol. The number of Topliss-reactive ketones (excluding diaryl/α,β-unsaturated/α-hetero) is 1. The summed E-state index contributed by atoms with van der Waals surface area (Å²) in [6.45, 7) is 5.79. The second kappa shape index (κ2) is 25.0. The van der Waals surface area contributed by atoms with Gasteiger partial charge in [-0.1, -0.05) is 142 Å². The Labute approximate surface area is 297 Å². The van der Waals surface area contributed by atoms with Gasteiger partial charge in [-0.05, 0) is 25.7 Å². The van der Waals surface area contributed by atoms with Crippen molar-refractivity contribution in [1.29, 1.82) is 0 Å². The predicted octanol–water partition coefficient (Wildman–Crippen LogP) is 11.3. The third kappa shape index (κ3) is 14.7. The lowest BCUT2D eigenvalue weighted by Crippen LogP contribution is -2.21. The summed E-state index contributed by atoms with van der Waals surface area (Å²) in [4.78, 5) is 39.7. The van der Waals surface area contributed by atoms with E-state index < -0.39 is 11.8 Å². The third-order valence-corrected chi connectivity index (χ3v) is 9.63. The van der Waals surface area contributed by atoms with E-state index >= 15 is 0 Å². The van der Waals surface area contributed by atoms with Gasteiger partial charge in [0, 0.05) is 41.3 Å². The summed E-state index contributed by atoms with van der Waals surface area (Å²) in [5, 5.41) is 11.4. The molecule has 1 aliphatic rings. The minimum absolute atomic E-state index is 0.00643. The molecule has 0 aliphatic heterocycles. The number of allylic oxidation sites excluding steroid dienone is 3. The number of phenolic OH excluding ortho intramolecular Hbond substituents is 1. The first-order valence-corrected chi connectivity index (χ1v) is 19.5. The molecule has 0 amide bonds. The van der Waals surface area contributed by atoms with Crippen LogP contribution < -0.4 is 9.47 Å². The summed E-state index contributed by atoms with van der Waals surface area (Å²) in [6, 6.07) is 1.37. The number of phenols is 1. The molecule has 0 saturated carbocycles. The van der Waals surface area contributed by atoms with Crippen LogP contribution >= 0.6 is 0 Å². The molecule has 0 saturated heterocycles. The number of hydrogen-bond acceptors (Lipinski definition) is 7. The fourth-order valence-electron chi connectivity index (χ4n) is 6.87. The van der Waals surface area contributed by atoms with Gasteiger partial charge < -0.3 is 19.3 Å². The molecule has 1 aliphatic carbocycles. The summed E-state index contributed by atoms with van der Waals surface area (Å²) < 4.78 is 16.5. The maximum Gasteiger partial charge on any atom is 0.308 e. The van der Waals surface area contributed by atoms with E-state index in [1.54, 1.807) is 0 Å². The summed E-state index contributed by atoms with van der Waals surface area (Å²) in [7, 11) is 2.84. The Kier molecular flexibility index (Phi) is 21.4. The molecule has 1 aromatic rings. The van der Waals surface area contributed by atoms with Crippen molar-refractivity contribution in [3.8, 4) is 17.2 Å². The van der Waals surface area contributed by atoms with E-state index in [-0.39, 0.29) is 39.9 Å². The number of rotatable bonds is 28. The molecular formula is C42H66O7. The van der Waals surface area contributed by atoms with Crippen molar-refractivity contribution in [3.05, 3.63) is 34.6 Å². The van der Waals surface area contributed by atoms with Crippen LogP contribution in [0, 0.1) is 0 Å². The van der Waals surface area contributed by atoms with E-state index in [1.807, 2.05) is 0 Å². The van der Waals surface area contributed by atoms with Crippen LogP contribution in [0.1, 0.15) is 180 Å². The fourth-order valence-corrected chi connectivity index (χ4v) is 6.87. The van der Waals surface area contributed by atoms with Crippen molar-refractivity contribution in [2.45, 2.75) is 175 Å². The molecule has 0 radical (unpaired) electrons. The van der Waals surface area contributed by atoms with E-state index in [1.165, 1.54) is 123 Å². The van der Waals surface area contributed by atoms with E-state index in [0.29, 0.717) is 24.0 Å². The molecule has 0 fully saturated rings. The Morgan fingerprint density at radius 2 is 1.10 bits per heavy atom. The van der Waals surface area contributed by atoms with Gasteiger partial charge in [-0.2, -0.15) is 0 Å². The standard InChI is InChI=1S/C42H66O7/c1-6-8-10-12-14-16-18-20-22-24-26-28-33-39(35(44)30-37(47-4)41(33)46)40-34(42(49-32(3)43)38(48-5)31-36(40)45)29-27-25-23-21-19-17-15-13-11-9-7-2/h30-31,45H,6-29H2,1-5H3. The zero-order valence-electron chi connectivity index (χ0n) is 31.5. The highest BCUT2D eigenvalue weighted by molar-refractivity contribution is 6.37. The number of carbonyl (C=O) groups is 3. The number of ketones is 2. The number of benzene rings is 1. The van der Waals surface area contributed by atoms with E-state index in [9.17, 15) is 19.5 Å². The SMILES string of the molecule is CCCCCCCCCCCCCC1=C(c2c(O)cc(OC)c(OC(C)=O)c2CCCCCCCCCCCCC)C(=O)C=C(OC)C1=O. The number of ether oxygens (including phenoxy) is 3. The summed E-state index contributed by atoms with van der Waals surface area (Å²) in [5.74, 6) is -1.03. The Hall–Kier alpha value is -3.09. The van der Waals surface area contributed by atoms with Gasteiger partial charge in [0.15, 0.2) is 23.0 Å². The van der Waals surface area contributed by atoms with Crippen LogP contribution in [-0.4, -0.2) is 36.9 Å². The first-order chi connectivity index (χ1) is 23.8. The first kappa shape index (κ1) is 42.1. The smallest absolute Gasteiger partial charge is 0.308 e. The molecule has 0 atom stereocenters. The highest BCUT2D eigenvalue weighted by atomic mass is 16.6. The number of esters is 1. The highest BCUT2D eigenvalue weighted by Crippen LogP contribution is 2.46. The maximum atomic E-state index is 13.8. The maximum absolute atomic E-state index is 13.8. The van der Waals surface area contributed by atoms with Crippen molar-refractivity contribution in [2.75, 3.05) is 14.2 Å². The molecular weight excluding hydrogens is 616 g/mol. The van der Waals surface area contributed by atoms with Gasteiger partial charge in [0.05, 0.1) is 14.2 Å². The zero-order valence-corrected chi connectivity index (χ0v) is 31.5. The molecule has 1 aromatic carbocycles. The lowest BCUT2D eigenvalue weighted by atomic mass is 9.82. The van der Waals surface area contributed by atoms with Crippen molar-refractivity contribution in [3.63, 3.8) is 0 Å². The van der Waals surface area contributed by atoms with Gasteiger partial charge in [0.1, 0.15) is 5.75 Å². The Morgan fingerprint density at radius 1 is 0.653 bits per heavy atom. The largest absolute Gasteiger partial charge is 0.507 e. The fraction of sp³-hybridized carbons (Fsp3) is 0.690. The lowest BCUT2D eigenvalue weighted by molar-refractivity contribution is -0.132. The van der Waals surface area contributed by atoms with Gasteiger partial charge in [-0.3, -0.25) is 14.4 Å². The average Bonchev–Trinajstić information content (AvgIpc) is 3.08. The van der Waals surface area contributed by atoms with Crippen LogP contribution in [0.2, 0.25) is 0 Å². The molecule has 1 N–H and O–H groups in total. The Balaban J connectivity index is 2.24. The number of carbonyl (C=O) groups excluding carboxylic acids is 3. The molecule has 0 heterocycles. The molecule has 2 rings (SSSR count). The second-order valence-corrected chi connectivity index (χ2v) is 13.7. The van der Waals surface area contributed by atoms with E-state index in [4.69, 9.17) is 14.2 Å². The summed E-state index contributed by atoms with van der Waals surface area (Å²) in [6.07, 6.45) is 27.9. The van der Waals surface area contributed by atoms with Crippen LogP contribution in [-0.2, 0) is 25.5 Å². The van der Waals surface area contributed by atoms with Crippen molar-refractivity contribution >= 4 is 23.1 Å². The van der Waals surface area contributed by atoms with Gasteiger partial charge in [0.25, 0.3) is 0 Å². The third-order valence-electron chi connectivity index (χ3n) is 9.63. The minimum Gasteiger partial charge on any atom is -0.507 e. The molecule has 276 valence electrons. The minimum atomic E-state index is -0.530. The number of aromatic hydroxyl groups is 1. The van der Waals surface area contributed by atoms with Gasteiger partial charge in [-0.15, -0.1) is 0 Å². The zero-order chi connectivity index (χ0) is 35.9. The molecule has 0 spiro atoms. The molecule has 49 heavy (non-hydrogen) atoms. The van der Waals surface area contributed by atoms with Crippen LogP contribution in [0.25, 0.3) is 5.57 Å². The topological polar surface area (TPSA) is 99.1 Å². The molecule has 7 nitrogen and oxygen atoms in total. The van der Waals surface area contributed by atoms with Crippen LogP contribution in [0.4, 0.5) is 0 Å². The molecule has 0 unspecified atom stereocenters. The number of hydrogen-bond donors (Lipinski definition) is 1. The van der Waals surface area contributed by atoms with Gasteiger partial charge >= 0.3 is 5.97 Å². The monoisotopic (exact) mass is 682 g/mol. The molecule has 0 aromatic heterocycles. The Bertz CT molecular complexity index is 1230. The summed E-state index contributed by atoms with van der Waals surface area (Å²) in [5.41, 5.74) is 1.29. The van der Waals surface area contributed by atoms with E-state index in [2.05, 4.69) is 13.8 Å². The van der Waals surface area contributed by atoms with Crippen molar-refractivity contribution in [1.82, 2.24) is 0 Å². The normalized spacial score (nSPS) is 13.2.